The van der Waals surface area contributed by atoms with Gasteiger partial charge in [0.05, 0.1) is 0 Å². The van der Waals surface area contributed by atoms with Crippen molar-refractivity contribution in [3.63, 3.8) is 0 Å². The molecule has 0 saturated carbocycles. The molecule has 2 amide bonds. The van der Waals surface area contributed by atoms with Crippen LogP contribution in [0.25, 0.3) is 0 Å². The molecule has 0 unspecified atom stereocenters. The second kappa shape index (κ2) is 9.86. The summed E-state index contributed by atoms with van der Waals surface area (Å²) in [6.45, 7) is 5.94. The molecule has 4 rings (SSSR count). The van der Waals surface area contributed by atoms with Crippen LogP contribution in [0.5, 0.6) is 11.5 Å². The van der Waals surface area contributed by atoms with Crippen LogP contribution in [0.4, 0.5) is 11.4 Å². The lowest BCUT2D eigenvalue weighted by atomic mass is 10.2. The zero-order chi connectivity index (χ0) is 22.5. The van der Waals surface area contributed by atoms with E-state index in [-0.39, 0.29) is 16.9 Å². The highest BCUT2D eigenvalue weighted by Gasteiger charge is 2.20. The summed E-state index contributed by atoms with van der Waals surface area (Å²) in [5, 5.41) is 5.94. The van der Waals surface area contributed by atoms with E-state index in [0.717, 1.165) is 37.6 Å². The first-order chi connectivity index (χ1) is 15.5. The van der Waals surface area contributed by atoms with Crippen molar-refractivity contribution in [2.45, 2.75) is 13.3 Å². The molecule has 0 radical (unpaired) electrons. The van der Waals surface area contributed by atoms with Crippen molar-refractivity contribution in [2.75, 3.05) is 49.6 Å². The summed E-state index contributed by atoms with van der Waals surface area (Å²) >= 11 is 5.29. The van der Waals surface area contributed by atoms with E-state index in [9.17, 15) is 9.59 Å². The summed E-state index contributed by atoms with van der Waals surface area (Å²) in [7, 11) is 0. The first kappa shape index (κ1) is 21.9. The number of fused-ring (bicyclic) bond motifs is 1. The summed E-state index contributed by atoms with van der Waals surface area (Å²) in [6, 6.07) is 12.9. The van der Waals surface area contributed by atoms with Crippen LogP contribution in [0.3, 0.4) is 0 Å². The van der Waals surface area contributed by atoms with E-state index in [0.29, 0.717) is 36.7 Å². The van der Waals surface area contributed by atoms with Crippen LogP contribution in [0.15, 0.2) is 42.5 Å². The van der Waals surface area contributed by atoms with E-state index >= 15 is 0 Å². The van der Waals surface area contributed by atoms with E-state index in [1.807, 2.05) is 36.1 Å². The number of hydrogen-bond acceptors (Lipinski definition) is 6. The Morgan fingerprint density at radius 1 is 0.969 bits per heavy atom. The van der Waals surface area contributed by atoms with Crippen LogP contribution < -0.4 is 25.0 Å². The van der Waals surface area contributed by atoms with E-state index in [2.05, 4.69) is 15.5 Å². The molecule has 0 aromatic heterocycles. The molecule has 9 heteroatoms. The monoisotopic (exact) mass is 454 g/mol. The molecule has 2 heterocycles. The normalized spacial score (nSPS) is 15.2. The molecule has 2 aromatic rings. The van der Waals surface area contributed by atoms with E-state index in [1.54, 1.807) is 18.2 Å². The highest BCUT2D eigenvalue weighted by molar-refractivity contribution is 7.80. The lowest BCUT2D eigenvalue weighted by Gasteiger charge is -2.36. The van der Waals surface area contributed by atoms with Crippen molar-refractivity contribution >= 4 is 40.5 Å². The SMILES string of the molecule is CCC(=O)N1CCN(c2ccc(NC(=S)NC(=O)c3ccc4c(c3)OCCO4)cc2)CC1. The molecule has 8 nitrogen and oxygen atoms in total. The Kier molecular flexibility index (Phi) is 6.75. The molecule has 168 valence electrons. The number of nitrogens with zero attached hydrogens (tertiary/aromatic N) is 2. The van der Waals surface area contributed by atoms with Gasteiger partial charge in [0.25, 0.3) is 5.91 Å². The maximum atomic E-state index is 12.5. The second-order valence-electron chi connectivity index (χ2n) is 7.53. The van der Waals surface area contributed by atoms with Gasteiger partial charge in [-0.3, -0.25) is 14.9 Å². The smallest absolute Gasteiger partial charge is 0.257 e. The maximum absolute atomic E-state index is 12.5. The van der Waals surface area contributed by atoms with Gasteiger partial charge in [0, 0.05) is 49.5 Å². The van der Waals surface area contributed by atoms with Crippen LogP contribution in [-0.4, -0.2) is 61.2 Å². The highest BCUT2D eigenvalue weighted by atomic mass is 32.1. The minimum absolute atomic E-state index is 0.205. The molecule has 0 bridgehead atoms. The Bertz CT molecular complexity index is 1000. The number of piperazine rings is 1. The summed E-state index contributed by atoms with van der Waals surface area (Å²) in [6.07, 6.45) is 0.547. The van der Waals surface area contributed by atoms with Crippen molar-refractivity contribution in [1.82, 2.24) is 10.2 Å². The lowest BCUT2D eigenvalue weighted by molar-refractivity contribution is -0.131. The molecule has 2 aliphatic heterocycles. The Balaban J connectivity index is 1.29. The van der Waals surface area contributed by atoms with Crippen LogP contribution in [0.2, 0.25) is 0 Å². The average Bonchev–Trinajstić information content (AvgIpc) is 2.83. The maximum Gasteiger partial charge on any atom is 0.257 e. The first-order valence-electron chi connectivity index (χ1n) is 10.7. The Labute approximate surface area is 192 Å². The summed E-state index contributed by atoms with van der Waals surface area (Å²) in [5.74, 6) is 1.07. The highest BCUT2D eigenvalue weighted by Crippen LogP contribution is 2.30. The summed E-state index contributed by atoms with van der Waals surface area (Å²) in [4.78, 5) is 28.5. The van der Waals surface area contributed by atoms with E-state index in [4.69, 9.17) is 21.7 Å². The number of thiocarbonyl (C=S) groups is 1. The molecular weight excluding hydrogens is 428 g/mol. The van der Waals surface area contributed by atoms with Gasteiger partial charge in [0.15, 0.2) is 16.6 Å². The number of nitrogens with one attached hydrogen (secondary N) is 2. The van der Waals surface area contributed by atoms with Crippen molar-refractivity contribution < 1.29 is 19.1 Å². The molecule has 32 heavy (non-hydrogen) atoms. The molecule has 1 fully saturated rings. The van der Waals surface area contributed by atoms with Crippen LogP contribution in [0, 0.1) is 0 Å². The van der Waals surface area contributed by atoms with Gasteiger partial charge >= 0.3 is 0 Å². The fourth-order valence-corrected chi connectivity index (χ4v) is 3.93. The van der Waals surface area contributed by atoms with Crippen LogP contribution in [-0.2, 0) is 4.79 Å². The molecule has 1 saturated heterocycles. The summed E-state index contributed by atoms with van der Waals surface area (Å²) < 4.78 is 11.0. The molecule has 0 atom stereocenters. The van der Waals surface area contributed by atoms with Crippen molar-refractivity contribution in [3.05, 3.63) is 48.0 Å². The Morgan fingerprint density at radius 3 is 2.34 bits per heavy atom. The zero-order valence-corrected chi connectivity index (χ0v) is 18.7. The molecule has 0 spiro atoms. The fraction of sp³-hybridized carbons (Fsp3) is 0.348. The standard InChI is InChI=1S/C23H26N4O4S/c1-2-21(28)27-11-9-26(10-12-27)18-6-4-17(5-7-18)24-23(32)25-22(29)16-3-8-19-20(15-16)31-14-13-30-19/h3-8,15H,2,9-14H2,1H3,(H2,24,25,29,32). The van der Waals surface area contributed by atoms with Gasteiger partial charge in [-0.2, -0.15) is 0 Å². The minimum atomic E-state index is -0.324. The van der Waals surface area contributed by atoms with Crippen molar-refractivity contribution in [3.8, 4) is 11.5 Å². The number of rotatable bonds is 4. The van der Waals surface area contributed by atoms with Crippen LogP contribution >= 0.6 is 12.2 Å². The van der Waals surface area contributed by atoms with Gasteiger partial charge in [-0.25, -0.2) is 0 Å². The predicted molar refractivity (Wildman–Crippen MR) is 127 cm³/mol. The number of benzene rings is 2. The Hall–Kier alpha value is -3.33. The minimum Gasteiger partial charge on any atom is -0.486 e. The third-order valence-electron chi connectivity index (χ3n) is 5.46. The van der Waals surface area contributed by atoms with Crippen molar-refractivity contribution in [2.24, 2.45) is 0 Å². The number of carbonyl (C=O) groups is 2. The lowest BCUT2D eigenvalue weighted by Crippen LogP contribution is -2.48. The third kappa shape index (κ3) is 5.11. The first-order valence-corrected chi connectivity index (χ1v) is 11.1. The summed E-state index contributed by atoms with van der Waals surface area (Å²) in [5.41, 5.74) is 2.31. The van der Waals surface area contributed by atoms with Gasteiger partial charge in [0.2, 0.25) is 5.91 Å². The largest absolute Gasteiger partial charge is 0.486 e. The van der Waals surface area contributed by atoms with E-state index in [1.165, 1.54) is 0 Å². The van der Waals surface area contributed by atoms with Crippen molar-refractivity contribution in [1.29, 1.82) is 0 Å². The number of ether oxygens (including phenoxy) is 2. The third-order valence-corrected chi connectivity index (χ3v) is 5.66. The van der Waals surface area contributed by atoms with Gasteiger partial charge in [-0.15, -0.1) is 0 Å². The van der Waals surface area contributed by atoms with Gasteiger partial charge in [-0.1, -0.05) is 6.92 Å². The zero-order valence-electron chi connectivity index (χ0n) is 17.9. The number of hydrogen-bond donors (Lipinski definition) is 2. The molecule has 2 aliphatic rings. The van der Waals surface area contributed by atoms with E-state index < -0.39 is 0 Å². The quantitative estimate of drug-likeness (QED) is 0.688. The number of anilines is 2. The topological polar surface area (TPSA) is 83.1 Å². The molecule has 2 aromatic carbocycles. The molecular formula is C23H26N4O4S. The average molecular weight is 455 g/mol. The molecule has 0 aliphatic carbocycles. The van der Waals surface area contributed by atoms with Gasteiger partial charge in [-0.05, 0) is 54.7 Å². The van der Waals surface area contributed by atoms with Gasteiger partial charge < -0.3 is 24.6 Å². The fourth-order valence-electron chi connectivity index (χ4n) is 3.72. The van der Waals surface area contributed by atoms with Gasteiger partial charge in [0.1, 0.15) is 13.2 Å². The Morgan fingerprint density at radius 2 is 1.66 bits per heavy atom. The molecule has 2 N–H and O–H groups in total. The second-order valence-corrected chi connectivity index (χ2v) is 7.94. The van der Waals surface area contributed by atoms with Crippen LogP contribution in [0.1, 0.15) is 23.7 Å². The number of amides is 2. The number of carbonyl (C=O) groups excluding carboxylic acids is 2. The predicted octanol–water partition coefficient (Wildman–Crippen LogP) is 2.64.